The van der Waals surface area contributed by atoms with Gasteiger partial charge in [-0.1, -0.05) is 18.2 Å². The predicted octanol–water partition coefficient (Wildman–Crippen LogP) is 3.01. The summed E-state index contributed by atoms with van der Waals surface area (Å²) in [6.45, 7) is 0.269. The molecule has 0 bridgehead atoms. The van der Waals surface area contributed by atoms with E-state index in [0.717, 1.165) is 5.56 Å². The third kappa shape index (κ3) is 4.05. The number of ether oxygens (including phenoxy) is 1. The highest BCUT2D eigenvalue weighted by Gasteiger charge is 2.13. The first-order valence-electron chi connectivity index (χ1n) is 7.44. The van der Waals surface area contributed by atoms with Gasteiger partial charge < -0.3 is 4.74 Å². The fourth-order valence-corrected chi connectivity index (χ4v) is 3.01. The Morgan fingerprint density at radius 2 is 2.21 bits per heavy atom. The lowest BCUT2D eigenvalue weighted by molar-refractivity contribution is 0.0503. The molecule has 0 N–H and O–H groups in total. The summed E-state index contributed by atoms with van der Waals surface area (Å²) in [6.07, 6.45) is 4.58. The fraction of sp³-hybridized carbons (Fsp3) is 0.235. The van der Waals surface area contributed by atoms with Crippen LogP contribution in [0.15, 0.2) is 42.0 Å². The summed E-state index contributed by atoms with van der Waals surface area (Å²) in [5.74, 6) is -0.733. The number of hydrogen-bond donors (Lipinski definition) is 0. The first kappa shape index (κ1) is 16.3. The van der Waals surface area contributed by atoms with E-state index >= 15 is 0 Å². The SMILES string of the molecule is Cn1cc(CCOC(=O)c2csc(Cc3ccccc3F)n2)cn1. The summed E-state index contributed by atoms with van der Waals surface area (Å²) in [5.41, 5.74) is 1.82. The lowest BCUT2D eigenvalue weighted by Gasteiger charge is -2.01. The normalized spacial score (nSPS) is 10.8. The number of esters is 1. The van der Waals surface area contributed by atoms with Gasteiger partial charge in [0.1, 0.15) is 5.82 Å². The van der Waals surface area contributed by atoms with E-state index in [1.165, 1.54) is 17.4 Å². The zero-order valence-corrected chi connectivity index (χ0v) is 13.9. The molecule has 3 rings (SSSR count). The van der Waals surface area contributed by atoms with Crippen LogP contribution in [0.5, 0.6) is 0 Å². The Bertz CT molecular complexity index is 844. The number of rotatable bonds is 6. The number of aryl methyl sites for hydroxylation is 1. The molecule has 0 fully saturated rings. The minimum absolute atomic E-state index is 0.262. The molecule has 0 spiro atoms. The Labute approximate surface area is 142 Å². The number of carbonyl (C=O) groups is 1. The van der Waals surface area contributed by atoms with Gasteiger partial charge in [-0.15, -0.1) is 11.3 Å². The number of aromatic nitrogens is 3. The van der Waals surface area contributed by atoms with E-state index < -0.39 is 5.97 Å². The number of thiazole rings is 1. The molecule has 5 nitrogen and oxygen atoms in total. The van der Waals surface area contributed by atoms with Crippen molar-refractivity contribution in [3.05, 3.63) is 69.7 Å². The van der Waals surface area contributed by atoms with E-state index in [1.54, 1.807) is 34.5 Å². The Kier molecular flexibility index (Phi) is 5.00. The van der Waals surface area contributed by atoms with Crippen LogP contribution in [-0.4, -0.2) is 27.3 Å². The Balaban J connectivity index is 1.54. The monoisotopic (exact) mass is 345 g/mol. The van der Waals surface area contributed by atoms with Gasteiger partial charge >= 0.3 is 5.97 Å². The molecule has 3 aromatic rings. The van der Waals surface area contributed by atoms with Gasteiger partial charge in [-0.05, 0) is 17.2 Å². The van der Waals surface area contributed by atoms with Gasteiger partial charge in [0.25, 0.3) is 0 Å². The van der Waals surface area contributed by atoms with Crippen molar-refractivity contribution < 1.29 is 13.9 Å². The molecule has 0 unspecified atom stereocenters. The molecule has 2 heterocycles. The van der Waals surface area contributed by atoms with Gasteiger partial charge in [0, 0.05) is 31.5 Å². The summed E-state index contributed by atoms with van der Waals surface area (Å²) in [4.78, 5) is 16.2. The molecule has 0 amide bonds. The van der Waals surface area contributed by atoms with Crippen molar-refractivity contribution in [2.24, 2.45) is 7.05 Å². The van der Waals surface area contributed by atoms with Crippen LogP contribution in [0.25, 0.3) is 0 Å². The van der Waals surface area contributed by atoms with E-state index in [4.69, 9.17) is 4.74 Å². The second-order valence-electron chi connectivity index (χ2n) is 5.30. The van der Waals surface area contributed by atoms with Crippen molar-refractivity contribution in [3.8, 4) is 0 Å². The predicted molar refractivity (Wildman–Crippen MR) is 88.5 cm³/mol. The van der Waals surface area contributed by atoms with Crippen molar-refractivity contribution in [1.29, 1.82) is 0 Å². The highest BCUT2D eigenvalue weighted by molar-refractivity contribution is 7.09. The lowest BCUT2D eigenvalue weighted by atomic mass is 10.1. The average Bonchev–Trinajstić information content (AvgIpc) is 3.19. The quantitative estimate of drug-likeness (QED) is 0.645. The Morgan fingerprint density at radius 3 is 2.96 bits per heavy atom. The zero-order valence-electron chi connectivity index (χ0n) is 13.1. The van der Waals surface area contributed by atoms with Crippen molar-refractivity contribution in [2.45, 2.75) is 12.8 Å². The van der Waals surface area contributed by atoms with Gasteiger partial charge in [-0.3, -0.25) is 4.68 Å². The number of halogens is 1. The minimum atomic E-state index is -0.463. The summed E-state index contributed by atoms with van der Waals surface area (Å²) in [6, 6.07) is 6.55. The second kappa shape index (κ2) is 7.35. The third-order valence-corrected chi connectivity index (χ3v) is 4.29. The molecule has 0 radical (unpaired) electrons. The molecule has 0 aliphatic heterocycles. The first-order chi connectivity index (χ1) is 11.6. The van der Waals surface area contributed by atoms with Crippen molar-refractivity contribution in [2.75, 3.05) is 6.61 Å². The van der Waals surface area contributed by atoms with E-state index in [0.29, 0.717) is 23.4 Å². The van der Waals surface area contributed by atoms with E-state index in [1.807, 2.05) is 13.2 Å². The number of nitrogens with zero attached hydrogens (tertiary/aromatic N) is 3. The van der Waals surface area contributed by atoms with Gasteiger partial charge in [0.2, 0.25) is 0 Å². The van der Waals surface area contributed by atoms with Crippen molar-refractivity contribution >= 4 is 17.3 Å². The maximum Gasteiger partial charge on any atom is 0.357 e. The minimum Gasteiger partial charge on any atom is -0.461 e. The van der Waals surface area contributed by atoms with Gasteiger partial charge in [0.05, 0.1) is 17.8 Å². The maximum absolute atomic E-state index is 13.6. The molecule has 0 atom stereocenters. The number of hydrogen-bond acceptors (Lipinski definition) is 5. The molecule has 0 aliphatic carbocycles. The van der Waals surface area contributed by atoms with E-state index in [2.05, 4.69) is 10.1 Å². The fourth-order valence-electron chi connectivity index (χ4n) is 2.23. The molecule has 124 valence electrons. The number of benzene rings is 1. The molecule has 0 saturated carbocycles. The summed E-state index contributed by atoms with van der Waals surface area (Å²) in [5, 5.41) is 6.38. The molecule has 0 aliphatic rings. The smallest absolute Gasteiger partial charge is 0.357 e. The van der Waals surface area contributed by atoms with Gasteiger partial charge in [-0.25, -0.2) is 14.2 Å². The summed E-state index contributed by atoms with van der Waals surface area (Å²) >= 11 is 1.32. The molecular weight excluding hydrogens is 329 g/mol. The molecular formula is C17H16FN3O2S. The summed E-state index contributed by atoms with van der Waals surface area (Å²) in [7, 11) is 1.84. The van der Waals surface area contributed by atoms with Crippen LogP contribution < -0.4 is 0 Å². The molecule has 24 heavy (non-hydrogen) atoms. The maximum atomic E-state index is 13.6. The second-order valence-corrected chi connectivity index (χ2v) is 6.25. The van der Waals surface area contributed by atoms with Crippen LogP contribution in [0.1, 0.15) is 26.6 Å². The van der Waals surface area contributed by atoms with Crippen LogP contribution in [0.4, 0.5) is 4.39 Å². The van der Waals surface area contributed by atoms with Gasteiger partial charge in [-0.2, -0.15) is 5.10 Å². The summed E-state index contributed by atoms with van der Waals surface area (Å²) < 4.78 is 20.6. The standard InChI is InChI=1S/C17H16FN3O2S/c1-21-10-12(9-19-21)6-7-23-17(22)15-11-24-16(20-15)8-13-4-2-3-5-14(13)18/h2-5,9-11H,6-8H2,1H3. The van der Waals surface area contributed by atoms with Gasteiger partial charge in [0.15, 0.2) is 5.69 Å². The van der Waals surface area contributed by atoms with Crippen molar-refractivity contribution in [1.82, 2.24) is 14.8 Å². The third-order valence-electron chi connectivity index (χ3n) is 3.44. The highest BCUT2D eigenvalue weighted by atomic mass is 32.1. The molecule has 0 saturated heterocycles. The largest absolute Gasteiger partial charge is 0.461 e. The zero-order chi connectivity index (χ0) is 16.9. The van der Waals surface area contributed by atoms with Crippen LogP contribution in [0, 0.1) is 5.82 Å². The molecule has 7 heteroatoms. The Hall–Kier alpha value is -2.54. The highest BCUT2D eigenvalue weighted by Crippen LogP contribution is 2.17. The first-order valence-corrected chi connectivity index (χ1v) is 8.32. The number of carbonyl (C=O) groups excluding carboxylic acids is 1. The molecule has 1 aromatic carbocycles. The topological polar surface area (TPSA) is 57.0 Å². The van der Waals surface area contributed by atoms with E-state index in [9.17, 15) is 9.18 Å². The van der Waals surface area contributed by atoms with Crippen LogP contribution in [-0.2, 0) is 24.6 Å². The average molecular weight is 345 g/mol. The molecule has 2 aromatic heterocycles. The Morgan fingerprint density at radius 1 is 1.38 bits per heavy atom. The van der Waals surface area contributed by atoms with Crippen LogP contribution in [0.3, 0.4) is 0 Å². The van der Waals surface area contributed by atoms with Crippen LogP contribution in [0.2, 0.25) is 0 Å². The lowest BCUT2D eigenvalue weighted by Crippen LogP contribution is -2.08. The van der Waals surface area contributed by atoms with E-state index in [-0.39, 0.29) is 18.1 Å². The van der Waals surface area contributed by atoms with Crippen molar-refractivity contribution in [3.63, 3.8) is 0 Å². The van der Waals surface area contributed by atoms with Crippen LogP contribution >= 0.6 is 11.3 Å².